The molecule has 0 spiro atoms. The molecule has 0 aromatic rings. The van der Waals surface area contributed by atoms with Gasteiger partial charge in [-0.2, -0.15) is 0 Å². The summed E-state index contributed by atoms with van der Waals surface area (Å²) < 4.78 is 10.6. The molecule has 0 amide bonds. The molecule has 3 saturated carbocycles. The predicted octanol–water partition coefficient (Wildman–Crippen LogP) is 4.69. The minimum Gasteiger partial charge on any atom is -0.465 e. The number of carbonyl (C=O) groups is 2. The SMILES string of the molecule is CCOC(=O)[C@H]1CCCCC1=N[C@@H]1CCCC[C@H]1N=C1CCCC[C@H]1C(=O)OCC. The van der Waals surface area contributed by atoms with Crippen LogP contribution in [0.15, 0.2) is 9.98 Å². The highest BCUT2D eigenvalue weighted by Crippen LogP contribution is 2.31. The molecule has 0 unspecified atom stereocenters. The Morgan fingerprint density at radius 2 is 1.10 bits per heavy atom. The lowest BCUT2D eigenvalue weighted by Gasteiger charge is -2.31. The van der Waals surface area contributed by atoms with Crippen LogP contribution in [0.3, 0.4) is 0 Å². The number of hydrogen-bond acceptors (Lipinski definition) is 6. The Kier molecular flexibility index (Phi) is 8.88. The molecule has 6 heteroatoms. The first-order valence-corrected chi connectivity index (χ1v) is 12.1. The zero-order valence-electron chi connectivity index (χ0n) is 18.7. The number of aliphatic imine (C=N–C) groups is 2. The second kappa shape index (κ2) is 11.6. The van der Waals surface area contributed by atoms with E-state index in [4.69, 9.17) is 19.5 Å². The summed E-state index contributed by atoms with van der Waals surface area (Å²) in [6.07, 6.45) is 12.0. The van der Waals surface area contributed by atoms with E-state index in [9.17, 15) is 9.59 Å². The topological polar surface area (TPSA) is 77.3 Å². The zero-order valence-corrected chi connectivity index (χ0v) is 18.7. The molecule has 0 aromatic carbocycles. The molecule has 0 heterocycles. The third-order valence-electron chi connectivity index (χ3n) is 6.66. The third kappa shape index (κ3) is 5.92. The average molecular weight is 419 g/mol. The van der Waals surface area contributed by atoms with Gasteiger partial charge in [0.25, 0.3) is 0 Å². The van der Waals surface area contributed by atoms with Crippen LogP contribution < -0.4 is 0 Å². The molecule has 3 rings (SSSR count). The first-order valence-electron chi connectivity index (χ1n) is 12.1. The maximum atomic E-state index is 12.4. The minimum absolute atomic E-state index is 0.112. The van der Waals surface area contributed by atoms with Gasteiger partial charge in [0.15, 0.2) is 0 Å². The van der Waals surface area contributed by atoms with Crippen LogP contribution in [0.25, 0.3) is 0 Å². The Labute approximate surface area is 180 Å². The van der Waals surface area contributed by atoms with E-state index < -0.39 is 0 Å². The lowest BCUT2D eigenvalue weighted by atomic mass is 9.84. The Balaban J connectivity index is 1.79. The summed E-state index contributed by atoms with van der Waals surface area (Å²) in [5.41, 5.74) is 2.03. The van der Waals surface area contributed by atoms with Crippen molar-refractivity contribution in [3.63, 3.8) is 0 Å². The highest BCUT2D eigenvalue weighted by Gasteiger charge is 2.34. The van der Waals surface area contributed by atoms with Crippen LogP contribution in [0, 0.1) is 11.8 Å². The maximum Gasteiger partial charge on any atom is 0.314 e. The van der Waals surface area contributed by atoms with Crippen LogP contribution in [-0.4, -0.2) is 48.7 Å². The monoisotopic (exact) mass is 418 g/mol. The summed E-state index contributed by atoms with van der Waals surface area (Å²) in [5.74, 6) is -0.611. The van der Waals surface area contributed by atoms with Gasteiger partial charge in [-0.1, -0.05) is 25.7 Å². The van der Waals surface area contributed by atoms with E-state index in [0.29, 0.717) is 13.2 Å². The third-order valence-corrected chi connectivity index (χ3v) is 6.66. The molecule has 168 valence electrons. The fourth-order valence-electron chi connectivity index (χ4n) is 5.11. The molecular formula is C24H38N2O4. The van der Waals surface area contributed by atoms with Gasteiger partial charge in [0.2, 0.25) is 0 Å². The molecule has 3 aliphatic carbocycles. The number of carbonyl (C=O) groups excluding carboxylic acids is 2. The number of esters is 2. The number of hydrogen-bond donors (Lipinski definition) is 0. The molecule has 3 fully saturated rings. The first kappa shape index (κ1) is 23.0. The molecule has 0 N–H and O–H groups in total. The summed E-state index contributed by atoms with van der Waals surface area (Å²) >= 11 is 0. The minimum atomic E-state index is -0.184. The first-order chi connectivity index (χ1) is 14.6. The van der Waals surface area contributed by atoms with Crippen LogP contribution in [0.2, 0.25) is 0 Å². The lowest BCUT2D eigenvalue weighted by molar-refractivity contribution is -0.146. The lowest BCUT2D eigenvalue weighted by Crippen LogP contribution is -2.36. The van der Waals surface area contributed by atoms with Crippen LogP contribution in [0.4, 0.5) is 0 Å². The summed E-state index contributed by atoms with van der Waals surface area (Å²) in [6.45, 7) is 4.54. The van der Waals surface area contributed by atoms with Crippen LogP contribution in [0.1, 0.15) is 90.9 Å². The Morgan fingerprint density at radius 1 is 0.700 bits per heavy atom. The molecule has 0 saturated heterocycles. The molecule has 3 aliphatic rings. The second-order valence-corrected chi connectivity index (χ2v) is 8.76. The fourth-order valence-corrected chi connectivity index (χ4v) is 5.11. The van der Waals surface area contributed by atoms with Crippen molar-refractivity contribution in [2.45, 2.75) is 103 Å². The van der Waals surface area contributed by atoms with Gasteiger partial charge in [0.05, 0.1) is 37.1 Å². The van der Waals surface area contributed by atoms with E-state index in [2.05, 4.69) is 0 Å². The standard InChI is InChI=1S/C24H38N2O4/c1-3-29-23(27)17-11-5-7-13-19(17)25-21-15-9-10-16-22(21)26-20-14-8-6-12-18(20)24(28)30-4-2/h17-18,21-22H,3-16H2,1-2H3/t17-,18+,21-,22-/m1/s1. The summed E-state index contributed by atoms with van der Waals surface area (Å²) in [7, 11) is 0. The van der Waals surface area contributed by atoms with Gasteiger partial charge in [-0.15, -0.1) is 0 Å². The summed E-state index contributed by atoms with van der Waals surface area (Å²) in [5, 5.41) is 0. The van der Waals surface area contributed by atoms with Crippen LogP contribution >= 0.6 is 0 Å². The summed E-state index contributed by atoms with van der Waals surface area (Å²) in [4.78, 5) is 35.1. The summed E-state index contributed by atoms with van der Waals surface area (Å²) in [6, 6.07) is 0.224. The van der Waals surface area contributed by atoms with Crippen molar-refractivity contribution >= 4 is 23.4 Å². The number of nitrogens with zero attached hydrogens (tertiary/aromatic N) is 2. The number of ether oxygens (including phenoxy) is 2. The largest absolute Gasteiger partial charge is 0.465 e. The molecule has 0 radical (unpaired) electrons. The molecule has 0 bridgehead atoms. The molecule has 4 atom stereocenters. The fraction of sp³-hybridized carbons (Fsp3) is 0.833. The van der Waals surface area contributed by atoms with Gasteiger partial charge in [-0.3, -0.25) is 19.6 Å². The van der Waals surface area contributed by atoms with Crippen molar-refractivity contribution in [3.05, 3.63) is 0 Å². The van der Waals surface area contributed by atoms with Crippen molar-refractivity contribution in [1.29, 1.82) is 0 Å². The van der Waals surface area contributed by atoms with E-state index in [0.717, 1.165) is 88.5 Å². The maximum absolute atomic E-state index is 12.4. The van der Waals surface area contributed by atoms with Gasteiger partial charge >= 0.3 is 11.9 Å². The quantitative estimate of drug-likeness (QED) is 0.587. The van der Waals surface area contributed by atoms with Crippen molar-refractivity contribution in [2.24, 2.45) is 21.8 Å². The Bertz CT molecular complexity index is 602. The van der Waals surface area contributed by atoms with Crippen molar-refractivity contribution in [2.75, 3.05) is 13.2 Å². The van der Waals surface area contributed by atoms with E-state index in [1.165, 1.54) is 0 Å². The molecular weight excluding hydrogens is 380 g/mol. The second-order valence-electron chi connectivity index (χ2n) is 8.76. The van der Waals surface area contributed by atoms with Gasteiger partial charge in [-0.25, -0.2) is 0 Å². The smallest absolute Gasteiger partial charge is 0.314 e. The van der Waals surface area contributed by atoms with E-state index in [1.807, 2.05) is 13.8 Å². The van der Waals surface area contributed by atoms with Gasteiger partial charge in [-0.05, 0) is 65.2 Å². The molecule has 0 aliphatic heterocycles. The van der Waals surface area contributed by atoms with Gasteiger partial charge < -0.3 is 9.47 Å². The Morgan fingerprint density at radius 3 is 1.50 bits per heavy atom. The number of rotatable bonds is 6. The van der Waals surface area contributed by atoms with E-state index in [-0.39, 0.29) is 35.9 Å². The van der Waals surface area contributed by atoms with Gasteiger partial charge in [0.1, 0.15) is 0 Å². The van der Waals surface area contributed by atoms with Crippen molar-refractivity contribution in [1.82, 2.24) is 0 Å². The molecule has 30 heavy (non-hydrogen) atoms. The molecule has 0 aromatic heterocycles. The van der Waals surface area contributed by atoms with Crippen molar-refractivity contribution in [3.8, 4) is 0 Å². The predicted molar refractivity (Wildman–Crippen MR) is 118 cm³/mol. The van der Waals surface area contributed by atoms with Crippen LogP contribution in [0.5, 0.6) is 0 Å². The van der Waals surface area contributed by atoms with Gasteiger partial charge in [0, 0.05) is 11.4 Å². The normalized spacial score (nSPS) is 32.7. The Hall–Kier alpha value is -1.72. The highest BCUT2D eigenvalue weighted by atomic mass is 16.5. The van der Waals surface area contributed by atoms with Crippen LogP contribution in [-0.2, 0) is 19.1 Å². The zero-order chi connectivity index (χ0) is 21.3. The highest BCUT2D eigenvalue weighted by molar-refractivity contribution is 6.03. The molecule has 6 nitrogen and oxygen atoms in total. The van der Waals surface area contributed by atoms with Crippen molar-refractivity contribution < 1.29 is 19.1 Å². The van der Waals surface area contributed by atoms with E-state index >= 15 is 0 Å². The average Bonchev–Trinajstić information content (AvgIpc) is 2.76. The van der Waals surface area contributed by atoms with E-state index in [1.54, 1.807) is 0 Å².